The minimum Gasteiger partial charge on any atom is -0.493 e. The van der Waals surface area contributed by atoms with Gasteiger partial charge in [-0.05, 0) is 42.6 Å². The molecule has 1 N–H and O–H groups in total. The molecule has 1 fully saturated rings. The van der Waals surface area contributed by atoms with Crippen LogP contribution >= 0.6 is 23.8 Å². The minimum absolute atomic E-state index is 0.0926. The summed E-state index contributed by atoms with van der Waals surface area (Å²) in [5.41, 5.74) is 1.27. The number of ether oxygens (including phenoxy) is 2. The van der Waals surface area contributed by atoms with E-state index in [1.807, 2.05) is 0 Å². The molecule has 26 heavy (non-hydrogen) atoms. The van der Waals surface area contributed by atoms with E-state index >= 15 is 0 Å². The molecule has 0 spiro atoms. The van der Waals surface area contributed by atoms with Gasteiger partial charge in [-0.25, -0.2) is 4.39 Å². The van der Waals surface area contributed by atoms with Gasteiger partial charge in [0, 0.05) is 5.56 Å². The molecule has 2 aromatic carbocycles. The molecule has 1 aliphatic rings. The Hall–Kier alpha value is -2.64. The molecule has 8 heteroatoms. The van der Waals surface area contributed by atoms with Gasteiger partial charge in [-0.15, -0.1) is 0 Å². The molecule has 1 heterocycles. The number of nitrogens with one attached hydrogen (secondary N) is 1. The maximum Gasteiger partial charge on any atom is 0.281 e. The number of carbonyl (C=O) groups excluding carboxylic acids is 1. The lowest BCUT2D eigenvalue weighted by atomic mass is 10.1. The summed E-state index contributed by atoms with van der Waals surface area (Å²) in [5.74, 6) is 0.0729. The molecule has 3 rings (SSSR count). The van der Waals surface area contributed by atoms with Gasteiger partial charge < -0.3 is 14.8 Å². The van der Waals surface area contributed by atoms with Crippen molar-refractivity contribution < 1.29 is 18.7 Å². The molecule has 0 saturated carbocycles. The molecule has 0 aliphatic carbocycles. The van der Waals surface area contributed by atoms with Crippen LogP contribution in [-0.4, -0.2) is 25.2 Å². The zero-order valence-electron chi connectivity index (χ0n) is 13.9. The van der Waals surface area contributed by atoms with Crippen LogP contribution in [0.2, 0.25) is 5.02 Å². The van der Waals surface area contributed by atoms with Crippen molar-refractivity contribution in [1.82, 2.24) is 5.32 Å². The van der Waals surface area contributed by atoms with Crippen molar-refractivity contribution in [2.45, 2.75) is 0 Å². The molecule has 1 amide bonds. The van der Waals surface area contributed by atoms with E-state index in [1.165, 1.54) is 37.3 Å². The molecular weight excluding hydrogens is 379 g/mol. The number of nitrogens with zero attached hydrogens (tertiary/aromatic N) is 1. The number of amides is 1. The van der Waals surface area contributed by atoms with Crippen molar-refractivity contribution in [2.24, 2.45) is 0 Å². The van der Waals surface area contributed by atoms with Gasteiger partial charge in [-0.3, -0.25) is 9.69 Å². The van der Waals surface area contributed by atoms with Crippen molar-refractivity contribution in [2.75, 3.05) is 19.1 Å². The van der Waals surface area contributed by atoms with Crippen LogP contribution in [0.25, 0.3) is 6.08 Å². The Morgan fingerprint density at radius 1 is 1.23 bits per heavy atom. The quantitative estimate of drug-likeness (QED) is 0.634. The monoisotopic (exact) mass is 392 g/mol. The first-order valence-corrected chi connectivity index (χ1v) is 8.28. The fourth-order valence-corrected chi connectivity index (χ4v) is 3.05. The summed E-state index contributed by atoms with van der Waals surface area (Å²) in [4.78, 5) is 14.0. The smallest absolute Gasteiger partial charge is 0.281 e. The highest BCUT2D eigenvalue weighted by molar-refractivity contribution is 7.80. The van der Waals surface area contributed by atoms with Gasteiger partial charge in [0.05, 0.1) is 24.9 Å². The van der Waals surface area contributed by atoms with Crippen LogP contribution in [0.15, 0.2) is 42.1 Å². The Morgan fingerprint density at radius 2 is 2.00 bits per heavy atom. The molecule has 134 valence electrons. The zero-order chi connectivity index (χ0) is 18.8. The minimum atomic E-state index is -0.571. The van der Waals surface area contributed by atoms with Gasteiger partial charge in [0.25, 0.3) is 5.91 Å². The van der Waals surface area contributed by atoms with Gasteiger partial charge in [0.1, 0.15) is 11.5 Å². The Bertz CT molecular complexity index is 933. The lowest BCUT2D eigenvalue weighted by molar-refractivity contribution is -0.113. The third-order valence-corrected chi connectivity index (χ3v) is 4.35. The standard InChI is InChI=1S/C18H14ClFN2O3S/c1-24-15-5-3-4-10(16(15)25-2)8-14-17(23)22(18(26)21-14)11-6-7-13(20)12(19)9-11/h3-9H,1-2H3,(H,21,26). The van der Waals surface area contributed by atoms with Crippen LogP contribution in [0.3, 0.4) is 0 Å². The van der Waals surface area contributed by atoms with Gasteiger partial charge in [0.2, 0.25) is 0 Å². The highest BCUT2D eigenvalue weighted by Gasteiger charge is 2.32. The second kappa shape index (κ2) is 7.31. The van der Waals surface area contributed by atoms with E-state index < -0.39 is 5.82 Å². The van der Waals surface area contributed by atoms with Crippen LogP contribution < -0.4 is 19.7 Å². The predicted molar refractivity (Wildman–Crippen MR) is 102 cm³/mol. The summed E-state index contributed by atoms with van der Waals surface area (Å²) < 4.78 is 24.0. The molecule has 5 nitrogen and oxygen atoms in total. The number of thiocarbonyl (C=S) groups is 1. The molecule has 0 bridgehead atoms. The van der Waals surface area contributed by atoms with Crippen LogP contribution in [0.5, 0.6) is 11.5 Å². The number of rotatable bonds is 4. The molecule has 0 atom stereocenters. The Morgan fingerprint density at radius 3 is 2.65 bits per heavy atom. The van der Waals surface area contributed by atoms with Gasteiger partial charge in [-0.1, -0.05) is 23.7 Å². The topological polar surface area (TPSA) is 50.8 Å². The molecule has 0 aromatic heterocycles. The van der Waals surface area contributed by atoms with Gasteiger partial charge in [-0.2, -0.15) is 0 Å². The maximum absolute atomic E-state index is 13.4. The first-order chi connectivity index (χ1) is 12.5. The summed E-state index contributed by atoms with van der Waals surface area (Å²) in [6.45, 7) is 0. The van der Waals surface area contributed by atoms with E-state index in [9.17, 15) is 9.18 Å². The molecular formula is C18H14ClFN2O3S. The lowest BCUT2D eigenvalue weighted by Gasteiger charge is -2.14. The normalized spacial score (nSPS) is 15.4. The van der Waals surface area contributed by atoms with Crippen LogP contribution in [-0.2, 0) is 4.79 Å². The fourth-order valence-electron chi connectivity index (χ4n) is 2.57. The molecule has 1 saturated heterocycles. The summed E-state index contributed by atoms with van der Waals surface area (Å²) in [6, 6.07) is 9.27. The molecule has 0 radical (unpaired) electrons. The number of hydrogen-bond acceptors (Lipinski definition) is 4. The lowest BCUT2D eigenvalue weighted by Crippen LogP contribution is -2.30. The Labute approximate surface area is 160 Å². The van der Waals surface area contributed by atoms with Crippen molar-refractivity contribution in [3.8, 4) is 11.5 Å². The largest absolute Gasteiger partial charge is 0.493 e. The van der Waals surface area contributed by atoms with E-state index in [0.29, 0.717) is 22.7 Å². The molecule has 2 aromatic rings. The molecule has 0 unspecified atom stereocenters. The number of anilines is 1. The third kappa shape index (κ3) is 3.23. The summed E-state index contributed by atoms with van der Waals surface area (Å²) in [7, 11) is 3.05. The summed E-state index contributed by atoms with van der Waals surface area (Å²) in [5, 5.41) is 2.94. The first-order valence-electron chi connectivity index (χ1n) is 7.49. The Kier molecular flexibility index (Phi) is 5.11. The predicted octanol–water partition coefficient (Wildman–Crippen LogP) is 3.76. The number of hydrogen-bond donors (Lipinski definition) is 1. The van der Waals surface area contributed by atoms with Crippen molar-refractivity contribution in [1.29, 1.82) is 0 Å². The second-order valence-electron chi connectivity index (χ2n) is 5.31. The third-order valence-electron chi connectivity index (χ3n) is 3.77. The number of benzene rings is 2. The van der Waals surface area contributed by atoms with E-state index in [0.717, 1.165) is 0 Å². The second-order valence-corrected chi connectivity index (χ2v) is 6.10. The first kappa shape index (κ1) is 18.2. The maximum atomic E-state index is 13.4. The summed E-state index contributed by atoms with van der Waals surface area (Å²) in [6.07, 6.45) is 1.61. The van der Waals surface area contributed by atoms with Crippen molar-refractivity contribution in [3.05, 3.63) is 58.5 Å². The number of carbonyl (C=O) groups is 1. The van der Waals surface area contributed by atoms with E-state index in [1.54, 1.807) is 24.3 Å². The SMILES string of the molecule is COc1cccc(C=C2NC(=S)N(c3ccc(F)c(Cl)c3)C2=O)c1OC. The Balaban J connectivity index is 1.99. The highest BCUT2D eigenvalue weighted by Crippen LogP contribution is 2.33. The van der Waals surface area contributed by atoms with Crippen molar-refractivity contribution >= 4 is 46.6 Å². The number of para-hydroxylation sites is 1. The van der Waals surface area contributed by atoms with E-state index in [4.69, 9.17) is 33.3 Å². The van der Waals surface area contributed by atoms with Crippen LogP contribution in [0.1, 0.15) is 5.56 Å². The van der Waals surface area contributed by atoms with Gasteiger partial charge >= 0.3 is 0 Å². The van der Waals surface area contributed by atoms with E-state index in [2.05, 4.69) is 5.32 Å². The number of halogens is 2. The van der Waals surface area contributed by atoms with Gasteiger partial charge in [0.15, 0.2) is 16.6 Å². The van der Waals surface area contributed by atoms with E-state index in [-0.39, 0.29) is 21.7 Å². The zero-order valence-corrected chi connectivity index (χ0v) is 15.5. The van der Waals surface area contributed by atoms with Crippen molar-refractivity contribution in [3.63, 3.8) is 0 Å². The summed E-state index contributed by atoms with van der Waals surface area (Å²) >= 11 is 11.0. The van der Waals surface area contributed by atoms with Crippen LogP contribution in [0, 0.1) is 5.82 Å². The average Bonchev–Trinajstić information content (AvgIpc) is 2.90. The molecule has 1 aliphatic heterocycles. The highest BCUT2D eigenvalue weighted by atomic mass is 35.5. The fraction of sp³-hybridized carbons (Fsp3) is 0.111. The average molecular weight is 393 g/mol. The number of methoxy groups -OCH3 is 2. The van der Waals surface area contributed by atoms with Crippen LogP contribution in [0.4, 0.5) is 10.1 Å².